The second kappa shape index (κ2) is 4.92. The van der Waals surface area contributed by atoms with E-state index in [4.69, 9.17) is 4.42 Å². The summed E-state index contributed by atoms with van der Waals surface area (Å²) in [6.45, 7) is 4.17. The van der Waals surface area contributed by atoms with E-state index in [0.717, 1.165) is 36.7 Å². The molecule has 1 N–H and O–H groups in total. The first-order valence-electron chi connectivity index (χ1n) is 6.41. The van der Waals surface area contributed by atoms with Crippen molar-refractivity contribution in [3.8, 4) is 0 Å². The molecule has 2 aromatic rings. The van der Waals surface area contributed by atoms with Gasteiger partial charge in [-0.15, -0.1) is 0 Å². The van der Waals surface area contributed by atoms with Gasteiger partial charge in [-0.3, -0.25) is 0 Å². The molecule has 17 heavy (non-hydrogen) atoms. The van der Waals surface area contributed by atoms with Crippen molar-refractivity contribution in [2.24, 2.45) is 0 Å². The van der Waals surface area contributed by atoms with E-state index in [9.17, 15) is 5.11 Å². The number of benzene rings is 1. The molecular weight excluding hydrogens is 212 g/mol. The fourth-order valence-corrected chi connectivity index (χ4v) is 2.41. The minimum atomic E-state index is -0.803. The van der Waals surface area contributed by atoms with Gasteiger partial charge in [0.25, 0.3) is 0 Å². The first-order valence-corrected chi connectivity index (χ1v) is 6.41. The van der Waals surface area contributed by atoms with E-state index in [-0.39, 0.29) is 0 Å². The van der Waals surface area contributed by atoms with Gasteiger partial charge in [0.05, 0.1) is 0 Å². The standard InChI is InChI=1S/C15H20O2/c1-3-9-15(16,10-4-2)14-11-12-7-5-6-8-13(12)17-14/h5-8,11,16H,3-4,9-10H2,1-2H3. The molecule has 0 aliphatic carbocycles. The Kier molecular flexibility index (Phi) is 3.53. The Bertz CT molecular complexity index is 445. The van der Waals surface area contributed by atoms with E-state index < -0.39 is 5.60 Å². The van der Waals surface area contributed by atoms with Crippen molar-refractivity contribution in [1.82, 2.24) is 0 Å². The van der Waals surface area contributed by atoms with Crippen LogP contribution in [0.5, 0.6) is 0 Å². The van der Waals surface area contributed by atoms with Crippen LogP contribution in [0.2, 0.25) is 0 Å². The molecule has 0 saturated heterocycles. The summed E-state index contributed by atoms with van der Waals surface area (Å²) >= 11 is 0. The van der Waals surface area contributed by atoms with Crippen molar-refractivity contribution in [2.75, 3.05) is 0 Å². The molecule has 2 heteroatoms. The molecule has 1 aromatic heterocycles. The van der Waals surface area contributed by atoms with Gasteiger partial charge in [0.2, 0.25) is 0 Å². The molecule has 0 radical (unpaired) electrons. The molecule has 0 spiro atoms. The van der Waals surface area contributed by atoms with Crippen LogP contribution in [0.4, 0.5) is 0 Å². The van der Waals surface area contributed by atoms with Gasteiger partial charge < -0.3 is 9.52 Å². The summed E-state index contributed by atoms with van der Waals surface area (Å²) in [5.74, 6) is 0.711. The fraction of sp³-hybridized carbons (Fsp3) is 0.467. The lowest BCUT2D eigenvalue weighted by Gasteiger charge is -2.24. The molecule has 0 atom stereocenters. The van der Waals surface area contributed by atoms with Crippen LogP contribution in [-0.4, -0.2) is 5.11 Å². The summed E-state index contributed by atoms with van der Waals surface area (Å²) in [7, 11) is 0. The number of hydrogen-bond acceptors (Lipinski definition) is 2. The van der Waals surface area contributed by atoms with Crippen LogP contribution < -0.4 is 0 Å². The zero-order valence-corrected chi connectivity index (χ0v) is 10.6. The third kappa shape index (κ3) is 2.37. The zero-order chi connectivity index (χ0) is 12.3. The Balaban J connectivity index is 2.41. The van der Waals surface area contributed by atoms with Gasteiger partial charge in [-0.25, -0.2) is 0 Å². The van der Waals surface area contributed by atoms with Crippen molar-refractivity contribution in [3.05, 3.63) is 36.1 Å². The van der Waals surface area contributed by atoms with Crippen molar-refractivity contribution < 1.29 is 9.52 Å². The van der Waals surface area contributed by atoms with Crippen LogP contribution in [0.1, 0.15) is 45.3 Å². The Morgan fingerprint density at radius 3 is 2.35 bits per heavy atom. The fourth-order valence-electron chi connectivity index (χ4n) is 2.41. The highest BCUT2D eigenvalue weighted by Crippen LogP contribution is 2.35. The minimum Gasteiger partial charge on any atom is -0.458 e. The molecule has 1 aromatic carbocycles. The largest absolute Gasteiger partial charge is 0.458 e. The summed E-state index contributed by atoms with van der Waals surface area (Å²) in [5, 5.41) is 11.8. The van der Waals surface area contributed by atoms with Gasteiger partial charge in [-0.1, -0.05) is 44.9 Å². The van der Waals surface area contributed by atoms with E-state index in [1.807, 2.05) is 30.3 Å². The highest BCUT2D eigenvalue weighted by molar-refractivity contribution is 5.77. The van der Waals surface area contributed by atoms with E-state index in [1.54, 1.807) is 0 Å². The summed E-state index contributed by atoms with van der Waals surface area (Å²) in [6.07, 6.45) is 3.41. The lowest BCUT2D eigenvalue weighted by molar-refractivity contribution is -0.00231. The first-order chi connectivity index (χ1) is 8.19. The average Bonchev–Trinajstić information content (AvgIpc) is 2.74. The number of para-hydroxylation sites is 1. The van der Waals surface area contributed by atoms with E-state index in [2.05, 4.69) is 13.8 Å². The van der Waals surface area contributed by atoms with E-state index in [1.165, 1.54) is 0 Å². The van der Waals surface area contributed by atoms with Gasteiger partial charge in [0.15, 0.2) is 0 Å². The monoisotopic (exact) mass is 232 g/mol. The minimum absolute atomic E-state index is 0.711. The smallest absolute Gasteiger partial charge is 0.136 e. The predicted molar refractivity (Wildman–Crippen MR) is 69.9 cm³/mol. The third-order valence-electron chi connectivity index (χ3n) is 3.21. The Labute approximate surface area is 102 Å². The Morgan fingerprint density at radius 2 is 1.76 bits per heavy atom. The maximum absolute atomic E-state index is 10.7. The highest BCUT2D eigenvalue weighted by atomic mass is 16.4. The van der Waals surface area contributed by atoms with Crippen LogP contribution in [0, 0.1) is 0 Å². The number of furan rings is 1. The zero-order valence-electron chi connectivity index (χ0n) is 10.6. The second-order valence-electron chi connectivity index (χ2n) is 4.68. The maximum Gasteiger partial charge on any atom is 0.136 e. The van der Waals surface area contributed by atoms with Crippen molar-refractivity contribution in [1.29, 1.82) is 0 Å². The topological polar surface area (TPSA) is 33.4 Å². The molecule has 92 valence electrons. The van der Waals surface area contributed by atoms with Crippen molar-refractivity contribution in [3.63, 3.8) is 0 Å². The van der Waals surface area contributed by atoms with Crippen LogP contribution in [0.3, 0.4) is 0 Å². The Morgan fingerprint density at radius 1 is 1.12 bits per heavy atom. The molecule has 0 bridgehead atoms. The van der Waals surface area contributed by atoms with Gasteiger partial charge in [0, 0.05) is 5.39 Å². The molecule has 0 aliphatic heterocycles. The summed E-state index contributed by atoms with van der Waals surface area (Å²) in [5.41, 5.74) is 0.0517. The van der Waals surface area contributed by atoms with Gasteiger partial charge in [-0.05, 0) is 25.0 Å². The predicted octanol–water partition coefficient (Wildman–Crippen LogP) is 4.22. The first kappa shape index (κ1) is 12.2. The molecule has 0 unspecified atom stereocenters. The van der Waals surface area contributed by atoms with E-state index >= 15 is 0 Å². The summed E-state index contributed by atoms with van der Waals surface area (Å²) in [6, 6.07) is 9.87. The molecule has 0 aliphatic rings. The molecule has 2 nitrogen and oxygen atoms in total. The molecular formula is C15H20O2. The quantitative estimate of drug-likeness (QED) is 0.837. The van der Waals surface area contributed by atoms with Gasteiger partial charge >= 0.3 is 0 Å². The van der Waals surface area contributed by atoms with Crippen molar-refractivity contribution in [2.45, 2.75) is 45.1 Å². The van der Waals surface area contributed by atoms with Gasteiger partial charge in [0.1, 0.15) is 16.9 Å². The molecule has 1 heterocycles. The molecule has 0 fully saturated rings. The van der Waals surface area contributed by atoms with Crippen LogP contribution in [-0.2, 0) is 5.60 Å². The third-order valence-corrected chi connectivity index (χ3v) is 3.21. The summed E-state index contributed by atoms with van der Waals surface area (Å²) in [4.78, 5) is 0. The number of rotatable bonds is 5. The number of aliphatic hydroxyl groups is 1. The van der Waals surface area contributed by atoms with E-state index in [0.29, 0.717) is 5.76 Å². The van der Waals surface area contributed by atoms with Crippen molar-refractivity contribution >= 4 is 11.0 Å². The van der Waals surface area contributed by atoms with Gasteiger partial charge in [-0.2, -0.15) is 0 Å². The lowest BCUT2D eigenvalue weighted by atomic mass is 9.90. The molecule has 2 rings (SSSR count). The number of fused-ring (bicyclic) bond motifs is 1. The second-order valence-corrected chi connectivity index (χ2v) is 4.68. The molecule has 0 amide bonds. The SMILES string of the molecule is CCCC(O)(CCC)c1cc2ccccc2o1. The average molecular weight is 232 g/mol. The highest BCUT2D eigenvalue weighted by Gasteiger charge is 2.30. The molecule has 0 saturated carbocycles. The van der Waals surface area contributed by atoms with Crippen LogP contribution >= 0.6 is 0 Å². The van der Waals surface area contributed by atoms with Crippen LogP contribution in [0.25, 0.3) is 11.0 Å². The summed E-state index contributed by atoms with van der Waals surface area (Å²) < 4.78 is 5.79. The van der Waals surface area contributed by atoms with Crippen LogP contribution in [0.15, 0.2) is 34.7 Å². The lowest BCUT2D eigenvalue weighted by Crippen LogP contribution is -2.24. The normalized spacial score (nSPS) is 12.2. The maximum atomic E-state index is 10.7. The number of hydrogen-bond donors (Lipinski definition) is 1. The Hall–Kier alpha value is -1.28.